The molecule has 1 aromatic carbocycles. The van der Waals surface area contributed by atoms with Gasteiger partial charge >= 0.3 is 0 Å². The molecule has 0 bridgehead atoms. The second-order valence-corrected chi connectivity index (χ2v) is 5.05. The van der Waals surface area contributed by atoms with Gasteiger partial charge in [0.05, 0.1) is 0 Å². The van der Waals surface area contributed by atoms with Gasteiger partial charge in [-0.2, -0.15) is 5.10 Å². The molecule has 0 spiro atoms. The largest absolute Gasteiger partial charge is 0.357 e. The first-order valence-electron chi connectivity index (χ1n) is 7.92. The van der Waals surface area contributed by atoms with Gasteiger partial charge in [0.1, 0.15) is 0 Å². The van der Waals surface area contributed by atoms with Gasteiger partial charge in [-0.1, -0.05) is 30.3 Å². The Kier molecular flexibility index (Phi) is 7.02. The van der Waals surface area contributed by atoms with Crippen LogP contribution in [0, 0.1) is 0 Å². The zero-order valence-corrected chi connectivity index (χ0v) is 13.2. The van der Waals surface area contributed by atoms with Crippen LogP contribution in [0.1, 0.15) is 18.9 Å². The standard InChI is InChI=1S/C17H25N5/c1-2-18-17(19-11-6-14-22-15-7-12-21-22)20-13-10-16-8-4-3-5-9-16/h3-5,7-9,12,15H,2,6,10-11,13-14H2,1H3,(H2,18,19,20). The lowest BCUT2D eigenvalue weighted by atomic mass is 10.1. The number of hydrogen-bond acceptors (Lipinski definition) is 2. The Morgan fingerprint density at radius 1 is 1.18 bits per heavy atom. The normalized spacial score (nSPS) is 11.4. The number of guanidine groups is 1. The van der Waals surface area contributed by atoms with E-state index in [4.69, 9.17) is 0 Å². The van der Waals surface area contributed by atoms with Gasteiger partial charge in [-0.25, -0.2) is 0 Å². The van der Waals surface area contributed by atoms with Gasteiger partial charge in [0.25, 0.3) is 0 Å². The number of rotatable bonds is 8. The quantitative estimate of drug-likeness (QED) is 0.446. The summed E-state index contributed by atoms with van der Waals surface area (Å²) in [4.78, 5) is 4.60. The van der Waals surface area contributed by atoms with E-state index in [0.717, 1.165) is 45.0 Å². The lowest BCUT2D eigenvalue weighted by molar-refractivity contribution is 0.584. The number of nitrogens with zero attached hydrogens (tertiary/aromatic N) is 3. The van der Waals surface area contributed by atoms with E-state index in [1.165, 1.54) is 5.56 Å². The fourth-order valence-electron chi connectivity index (χ4n) is 2.17. The Hall–Kier alpha value is -2.30. The first-order chi connectivity index (χ1) is 10.9. The Balaban J connectivity index is 1.70. The summed E-state index contributed by atoms with van der Waals surface area (Å²) in [6.45, 7) is 5.53. The average Bonchev–Trinajstić information content (AvgIpc) is 3.06. The number of benzene rings is 1. The minimum absolute atomic E-state index is 0.792. The second-order valence-electron chi connectivity index (χ2n) is 5.05. The average molecular weight is 299 g/mol. The van der Waals surface area contributed by atoms with Crippen LogP contribution >= 0.6 is 0 Å². The van der Waals surface area contributed by atoms with Crippen LogP contribution in [-0.4, -0.2) is 35.4 Å². The maximum Gasteiger partial charge on any atom is 0.191 e. The van der Waals surface area contributed by atoms with Crippen LogP contribution in [-0.2, 0) is 13.0 Å². The van der Waals surface area contributed by atoms with E-state index in [2.05, 4.69) is 51.9 Å². The summed E-state index contributed by atoms with van der Waals surface area (Å²) in [6, 6.07) is 12.4. The first kappa shape index (κ1) is 16.1. The summed E-state index contributed by atoms with van der Waals surface area (Å²) < 4.78 is 1.94. The first-order valence-corrected chi connectivity index (χ1v) is 7.92. The molecule has 2 rings (SSSR count). The molecule has 0 saturated carbocycles. The third-order valence-corrected chi connectivity index (χ3v) is 3.27. The van der Waals surface area contributed by atoms with E-state index in [0.29, 0.717) is 0 Å². The smallest absolute Gasteiger partial charge is 0.191 e. The van der Waals surface area contributed by atoms with Crippen molar-refractivity contribution < 1.29 is 0 Å². The van der Waals surface area contributed by atoms with E-state index in [1.807, 2.05) is 23.0 Å². The monoisotopic (exact) mass is 299 g/mol. The molecular formula is C17H25N5. The summed E-state index contributed by atoms with van der Waals surface area (Å²) in [7, 11) is 0. The number of aromatic nitrogens is 2. The Labute approximate surface area is 132 Å². The predicted octanol–water partition coefficient (Wildman–Crippen LogP) is 2.07. The number of aliphatic imine (C=N–C) groups is 1. The summed E-state index contributed by atoms with van der Waals surface area (Å²) in [5.74, 6) is 0.888. The highest BCUT2D eigenvalue weighted by molar-refractivity contribution is 5.79. The molecule has 118 valence electrons. The fraction of sp³-hybridized carbons (Fsp3) is 0.412. The molecule has 0 unspecified atom stereocenters. The molecule has 0 atom stereocenters. The van der Waals surface area contributed by atoms with Crippen molar-refractivity contribution in [2.45, 2.75) is 26.3 Å². The topological polar surface area (TPSA) is 54.2 Å². The molecule has 5 nitrogen and oxygen atoms in total. The van der Waals surface area contributed by atoms with E-state index < -0.39 is 0 Å². The summed E-state index contributed by atoms with van der Waals surface area (Å²) >= 11 is 0. The molecule has 0 aliphatic heterocycles. The SMILES string of the molecule is CCNC(=NCCCn1cccn1)NCCc1ccccc1. The number of hydrogen-bond donors (Lipinski definition) is 2. The number of nitrogens with one attached hydrogen (secondary N) is 2. The summed E-state index contributed by atoms with van der Waals surface area (Å²) in [6.07, 6.45) is 5.76. The van der Waals surface area contributed by atoms with E-state index in [-0.39, 0.29) is 0 Å². The molecule has 1 aromatic heterocycles. The Morgan fingerprint density at radius 3 is 2.77 bits per heavy atom. The van der Waals surface area contributed by atoms with Crippen LogP contribution in [0.4, 0.5) is 0 Å². The summed E-state index contributed by atoms with van der Waals surface area (Å²) in [5.41, 5.74) is 1.34. The highest BCUT2D eigenvalue weighted by Crippen LogP contribution is 1.98. The van der Waals surface area contributed by atoms with Crippen LogP contribution in [0.15, 0.2) is 53.8 Å². The molecule has 22 heavy (non-hydrogen) atoms. The van der Waals surface area contributed by atoms with Crippen molar-refractivity contribution in [3.8, 4) is 0 Å². The fourth-order valence-corrected chi connectivity index (χ4v) is 2.17. The van der Waals surface area contributed by atoms with Crippen LogP contribution in [0.5, 0.6) is 0 Å². The van der Waals surface area contributed by atoms with Crippen LogP contribution < -0.4 is 10.6 Å². The van der Waals surface area contributed by atoms with E-state index >= 15 is 0 Å². The lowest BCUT2D eigenvalue weighted by Gasteiger charge is -2.11. The maximum atomic E-state index is 4.60. The minimum Gasteiger partial charge on any atom is -0.357 e. The third-order valence-electron chi connectivity index (χ3n) is 3.27. The minimum atomic E-state index is 0.792. The Morgan fingerprint density at radius 2 is 2.05 bits per heavy atom. The van der Waals surface area contributed by atoms with Gasteiger partial charge in [0.15, 0.2) is 5.96 Å². The molecule has 1 heterocycles. The zero-order valence-electron chi connectivity index (χ0n) is 13.2. The van der Waals surface area contributed by atoms with Gasteiger partial charge < -0.3 is 10.6 Å². The molecule has 0 saturated heterocycles. The van der Waals surface area contributed by atoms with Crippen molar-refractivity contribution in [3.05, 3.63) is 54.4 Å². The van der Waals surface area contributed by atoms with Gasteiger partial charge in [0, 0.05) is 38.6 Å². The molecular weight excluding hydrogens is 274 g/mol. The maximum absolute atomic E-state index is 4.60. The number of aryl methyl sites for hydroxylation is 1. The van der Waals surface area contributed by atoms with Crippen molar-refractivity contribution in [2.75, 3.05) is 19.6 Å². The summed E-state index contributed by atoms with van der Waals surface area (Å²) in [5, 5.41) is 10.8. The van der Waals surface area contributed by atoms with Crippen molar-refractivity contribution in [1.29, 1.82) is 0 Å². The van der Waals surface area contributed by atoms with E-state index in [1.54, 1.807) is 6.20 Å². The molecule has 2 aromatic rings. The van der Waals surface area contributed by atoms with Gasteiger partial charge in [-0.3, -0.25) is 9.67 Å². The highest BCUT2D eigenvalue weighted by atomic mass is 15.3. The van der Waals surface area contributed by atoms with Crippen LogP contribution in [0.2, 0.25) is 0 Å². The molecule has 0 amide bonds. The molecule has 0 radical (unpaired) electrons. The lowest BCUT2D eigenvalue weighted by Crippen LogP contribution is -2.38. The van der Waals surface area contributed by atoms with Crippen molar-refractivity contribution >= 4 is 5.96 Å². The zero-order chi connectivity index (χ0) is 15.5. The van der Waals surface area contributed by atoms with Gasteiger partial charge in [-0.05, 0) is 31.4 Å². The molecule has 0 aliphatic rings. The van der Waals surface area contributed by atoms with Crippen molar-refractivity contribution in [1.82, 2.24) is 20.4 Å². The highest BCUT2D eigenvalue weighted by Gasteiger charge is 1.97. The van der Waals surface area contributed by atoms with Gasteiger partial charge in [-0.15, -0.1) is 0 Å². The van der Waals surface area contributed by atoms with Crippen LogP contribution in [0.25, 0.3) is 0 Å². The molecule has 5 heteroatoms. The van der Waals surface area contributed by atoms with Crippen molar-refractivity contribution in [2.24, 2.45) is 4.99 Å². The second kappa shape index (κ2) is 9.60. The molecule has 0 aliphatic carbocycles. The third kappa shape index (κ3) is 5.99. The Bertz CT molecular complexity index is 533. The van der Waals surface area contributed by atoms with Crippen LogP contribution in [0.3, 0.4) is 0 Å². The molecule has 0 fully saturated rings. The predicted molar refractivity (Wildman–Crippen MR) is 91.0 cm³/mol. The van der Waals surface area contributed by atoms with Gasteiger partial charge in [0.2, 0.25) is 0 Å². The molecule has 2 N–H and O–H groups in total. The van der Waals surface area contributed by atoms with Crippen molar-refractivity contribution in [3.63, 3.8) is 0 Å². The van der Waals surface area contributed by atoms with E-state index in [9.17, 15) is 0 Å².